The van der Waals surface area contributed by atoms with E-state index in [1.54, 1.807) is 61.0 Å². The van der Waals surface area contributed by atoms with Gasteiger partial charge in [-0.2, -0.15) is 10.4 Å². The maximum Gasteiger partial charge on any atom is 0.278 e. The van der Waals surface area contributed by atoms with E-state index in [-0.39, 0.29) is 5.91 Å². The number of benzene rings is 1. The van der Waals surface area contributed by atoms with E-state index in [1.165, 1.54) is 4.68 Å². The second-order valence-electron chi connectivity index (χ2n) is 4.53. The molecule has 0 aliphatic rings. The largest absolute Gasteiger partial charge is 0.465 e. The molecule has 0 aliphatic carbocycles. The highest BCUT2D eigenvalue weighted by Crippen LogP contribution is 2.09. The lowest BCUT2D eigenvalue weighted by atomic mass is 10.1. The normalized spacial score (nSPS) is 10.7. The molecule has 0 spiro atoms. The van der Waals surface area contributed by atoms with Crippen molar-refractivity contribution in [3.63, 3.8) is 0 Å². The van der Waals surface area contributed by atoms with Crippen LogP contribution in [0.5, 0.6) is 0 Å². The van der Waals surface area contributed by atoms with Crippen molar-refractivity contribution in [3.8, 4) is 6.07 Å². The fourth-order valence-corrected chi connectivity index (χ4v) is 1.95. The van der Waals surface area contributed by atoms with Crippen LogP contribution in [-0.4, -0.2) is 15.7 Å². The first-order chi connectivity index (χ1) is 10.8. The van der Waals surface area contributed by atoms with Crippen molar-refractivity contribution in [2.75, 3.05) is 0 Å². The summed E-state index contributed by atoms with van der Waals surface area (Å²) in [6.07, 6.45) is 6.70. The van der Waals surface area contributed by atoms with Crippen molar-refractivity contribution in [1.82, 2.24) is 9.78 Å². The number of nitriles is 1. The number of carbonyl (C=O) groups excluding carboxylic acids is 1. The van der Waals surface area contributed by atoms with Crippen LogP contribution in [0.1, 0.15) is 27.4 Å². The number of carbonyl (C=O) groups is 1. The molecule has 2 aromatic heterocycles. The van der Waals surface area contributed by atoms with Gasteiger partial charge >= 0.3 is 0 Å². The van der Waals surface area contributed by atoms with Crippen LogP contribution in [0, 0.1) is 11.3 Å². The summed E-state index contributed by atoms with van der Waals surface area (Å²) in [5, 5.41) is 13.1. The molecule has 0 atom stereocenters. The highest BCUT2D eigenvalue weighted by Gasteiger charge is 2.10. The number of aromatic nitrogens is 2. The molecule has 0 unspecified atom stereocenters. The number of hydrogen-bond acceptors (Lipinski definition) is 4. The fourth-order valence-electron chi connectivity index (χ4n) is 1.95. The third kappa shape index (κ3) is 2.86. The van der Waals surface area contributed by atoms with Gasteiger partial charge in [-0.1, -0.05) is 6.07 Å². The second-order valence-corrected chi connectivity index (χ2v) is 4.53. The highest BCUT2D eigenvalue weighted by atomic mass is 16.3. The zero-order valence-corrected chi connectivity index (χ0v) is 11.5. The summed E-state index contributed by atoms with van der Waals surface area (Å²) < 4.78 is 6.43. The summed E-state index contributed by atoms with van der Waals surface area (Å²) in [7, 11) is 0. The van der Waals surface area contributed by atoms with Gasteiger partial charge in [0.05, 0.1) is 23.6 Å². The predicted octanol–water partition coefficient (Wildman–Crippen LogP) is 3.21. The van der Waals surface area contributed by atoms with Crippen LogP contribution in [0.4, 0.5) is 0 Å². The maximum atomic E-state index is 12.3. The molecule has 1 aromatic carbocycles. The fraction of sp³-hybridized carbons (Fsp3) is 0. The van der Waals surface area contributed by atoms with Gasteiger partial charge < -0.3 is 4.42 Å². The lowest BCUT2D eigenvalue weighted by Crippen LogP contribution is -2.12. The average Bonchev–Trinajstić information content (AvgIpc) is 3.23. The summed E-state index contributed by atoms with van der Waals surface area (Å²) in [5.74, 6) is 0.428. The minimum absolute atomic E-state index is 0.283. The summed E-state index contributed by atoms with van der Waals surface area (Å²) in [6.45, 7) is 0. The van der Waals surface area contributed by atoms with E-state index < -0.39 is 0 Å². The third-order valence-corrected chi connectivity index (χ3v) is 3.02. The molecule has 0 fully saturated rings. The zero-order chi connectivity index (χ0) is 15.4. The molecule has 0 saturated heterocycles. The SMILES string of the molecule is N#Cc1cccc(C(=O)n2ccc(/C=C/c3ccco3)n2)c1. The first-order valence-corrected chi connectivity index (χ1v) is 6.58. The molecular weight excluding hydrogens is 278 g/mol. The van der Waals surface area contributed by atoms with E-state index in [2.05, 4.69) is 5.10 Å². The molecule has 22 heavy (non-hydrogen) atoms. The van der Waals surface area contributed by atoms with Crippen molar-refractivity contribution in [2.45, 2.75) is 0 Å². The molecule has 3 aromatic rings. The Balaban J connectivity index is 1.81. The quantitative estimate of drug-likeness (QED) is 0.742. The molecule has 0 N–H and O–H groups in total. The van der Waals surface area contributed by atoms with Gasteiger partial charge in [0.15, 0.2) is 0 Å². The van der Waals surface area contributed by atoms with Crippen molar-refractivity contribution in [2.24, 2.45) is 0 Å². The van der Waals surface area contributed by atoms with Gasteiger partial charge in [0.25, 0.3) is 5.91 Å². The minimum atomic E-state index is -0.283. The highest BCUT2D eigenvalue weighted by molar-refractivity contribution is 5.95. The van der Waals surface area contributed by atoms with Crippen LogP contribution in [0.15, 0.2) is 59.3 Å². The number of nitrogens with zero attached hydrogens (tertiary/aromatic N) is 3. The van der Waals surface area contributed by atoms with Crippen LogP contribution in [-0.2, 0) is 0 Å². The molecule has 2 heterocycles. The van der Waals surface area contributed by atoms with Crippen molar-refractivity contribution in [3.05, 3.63) is 77.5 Å². The first-order valence-electron chi connectivity index (χ1n) is 6.58. The minimum Gasteiger partial charge on any atom is -0.465 e. The van der Waals surface area contributed by atoms with Crippen LogP contribution in [0.3, 0.4) is 0 Å². The van der Waals surface area contributed by atoms with E-state index in [0.717, 1.165) is 0 Å². The average molecular weight is 289 g/mol. The molecule has 0 amide bonds. The van der Waals surface area contributed by atoms with Gasteiger partial charge in [-0.15, -0.1) is 0 Å². The predicted molar refractivity (Wildman–Crippen MR) is 80.7 cm³/mol. The molecule has 0 saturated carbocycles. The summed E-state index contributed by atoms with van der Waals surface area (Å²) in [4.78, 5) is 12.3. The Kier molecular flexibility index (Phi) is 3.67. The Morgan fingerprint density at radius 3 is 2.91 bits per heavy atom. The molecule has 0 aliphatic heterocycles. The van der Waals surface area contributed by atoms with Crippen LogP contribution < -0.4 is 0 Å². The summed E-state index contributed by atoms with van der Waals surface area (Å²) in [5.41, 5.74) is 1.50. The Morgan fingerprint density at radius 1 is 1.23 bits per heavy atom. The smallest absolute Gasteiger partial charge is 0.278 e. The summed E-state index contributed by atoms with van der Waals surface area (Å²) >= 11 is 0. The molecule has 3 rings (SSSR count). The van der Waals surface area contributed by atoms with Crippen molar-refractivity contribution < 1.29 is 9.21 Å². The Labute approximate surface area is 126 Å². The number of furan rings is 1. The van der Waals surface area contributed by atoms with Gasteiger partial charge in [-0.05, 0) is 48.6 Å². The standard InChI is InChI=1S/C17H11N3O2/c18-12-13-3-1-4-14(11-13)17(21)20-9-8-15(19-20)6-7-16-5-2-10-22-16/h1-11H/b7-6+. The van der Waals surface area contributed by atoms with E-state index in [4.69, 9.17) is 9.68 Å². The van der Waals surface area contributed by atoms with E-state index in [9.17, 15) is 4.79 Å². The van der Waals surface area contributed by atoms with Crippen LogP contribution >= 0.6 is 0 Å². The van der Waals surface area contributed by atoms with Gasteiger partial charge in [0, 0.05) is 11.8 Å². The monoisotopic (exact) mass is 289 g/mol. The van der Waals surface area contributed by atoms with Crippen molar-refractivity contribution >= 4 is 18.1 Å². The maximum absolute atomic E-state index is 12.3. The van der Waals surface area contributed by atoms with Crippen LogP contribution in [0.2, 0.25) is 0 Å². The lowest BCUT2D eigenvalue weighted by molar-refractivity contribution is 0.0945. The Morgan fingerprint density at radius 2 is 2.14 bits per heavy atom. The van der Waals surface area contributed by atoms with Gasteiger partial charge in [-0.3, -0.25) is 4.79 Å². The molecule has 5 heteroatoms. The third-order valence-electron chi connectivity index (χ3n) is 3.02. The Hall–Kier alpha value is -3.39. The van der Waals surface area contributed by atoms with E-state index in [0.29, 0.717) is 22.6 Å². The van der Waals surface area contributed by atoms with E-state index >= 15 is 0 Å². The van der Waals surface area contributed by atoms with Gasteiger partial charge in [0.1, 0.15) is 5.76 Å². The van der Waals surface area contributed by atoms with Gasteiger partial charge in [0.2, 0.25) is 0 Å². The zero-order valence-electron chi connectivity index (χ0n) is 11.5. The molecular formula is C17H11N3O2. The number of rotatable bonds is 3. The van der Waals surface area contributed by atoms with Crippen molar-refractivity contribution in [1.29, 1.82) is 5.26 Å². The van der Waals surface area contributed by atoms with Crippen LogP contribution in [0.25, 0.3) is 12.2 Å². The second kappa shape index (κ2) is 5.94. The van der Waals surface area contributed by atoms with E-state index in [1.807, 2.05) is 12.1 Å². The first kappa shape index (κ1) is 13.6. The number of hydrogen-bond donors (Lipinski definition) is 0. The molecule has 106 valence electrons. The lowest BCUT2D eigenvalue weighted by Gasteiger charge is -2.00. The topological polar surface area (TPSA) is 71.8 Å². The molecule has 5 nitrogen and oxygen atoms in total. The van der Waals surface area contributed by atoms with Gasteiger partial charge in [-0.25, -0.2) is 4.68 Å². The molecule has 0 bridgehead atoms. The Bertz CT molecular complexity index is 867. The molecule has 0 radical (unpaired) electrons. The summed E-state index contributed by atoms with van der Waals surface area (Å²) in [6, 6.07) is 13.9.